The number of nitrogens with two attached hydrogens (primary N) is 1. The van der Waals surface area contributed by atoms with Crippen LogP contribution in [0.3, 0.4) is 0 Å². The number of rotatable bonds is 2. The number of aliphatic hydroxyl groups excluding tert-OH is 1. The number of aliphatic hydroxyl groups is 1. The largest absolute Gasteiger partial charge is 0.395 e. The highest BCUT2D eigenvalue weighted by atomic mass is 35.5. The summed E-state index contributed by atoms with van der Waals surface area (Å²) in [7, 11) is 0. The number of nitrogens with zero attached hydrogens (tertiary/aromatic N) is 2. The van der Waals surface area contributed by atoms with Crippen LogP contribution in [-0.2, 0) is 6.54 Å². The van der Waals surface area contributed by atoms with Gasteiger partial charge in [0.25, 0.3) is 0 Å². The van der Waals surface area contributed by atoms with Crippen molar-refractivity contribution in [3.05, 3.63) is 11.9 Å². The van der Waals surface area contributed by atoms with E-state index in [0.717, 1.165) is 5.69 Å². The summed E-state index contributed by atoms with van der Waals surface area (Å²) in [5.74, 6) is 0.464. The van der Waals surface area contributed by atoms with E-state index in [2.05, 4.69) is 4.98 Å². The maximum atomic E-state index is 8.58. The maximum absolute atomic E-state index is 8.58. The van der Waals surface area contributed by atoms with E-state index in [1.165, 1.54) is 0 Å². The van der Waals surface area contributed by atoms with Gasteiger partial charge in [-0.3, -0.25) is 0 Å². The number of hydrogen-bond acceptors (Lipinski definition) is 3. The molecule has 3 N–H and O–H groups in total. The van der Waals surface area contributed by atoms with Crippen LogP contribution < -0.4 is 5.73 Å². The molecule has 1 rings (SSSR count). The number of aromatic nitrogens is 2. The highest BCUT2D eigenvalue weighted by molar-refractivity contribution is 5.85. The molecule has 5 heteroatoms. The molecule has 0 aliphatic heterocycles. The zero-order chi connectivity index (χ0) is 7.56. The average molecular weight is 178 g/mol. The molecular weight excluding hydrogens is 166 g/mol. The van der Waals surface area contributed by atoms with Gasteiger partial charge in [-0.15, -0.1) is 12.4 Å². The van der Waals surface area contributed by atoms with Crippen molar-refractivity contribution in [1.29, 1.82) is 0 Å². The number of imidazole rings is 1. The Bertz CT molecular complexity index is 204. The third kappa shape index (κ3) is 2.10. The fourth-order valence-electron chi connectivity index (χ4n) is 0.871. The lowest BCUT2D eigenvalue weighted by atomic mass is 10.5. The highest BCUT2D eigenvalue weighted by Gasteiger charge is 1.99. The van der Waals surface area contributed by atoms with E-state index in [1.54, 1.807) is 10.8 Å². The molecule has 0 saturated heterocycles. The lowest BCUT2D eigenvalue weighted by molar-refractivity contribution is 0.276. The fraction of sp³-hybridized carbons (Fsp3) is 0.500. The van der Waals surface area contributed by atoms with Crippen LogP contribution in [0, 0.1) is 6.92 Å². The predicted molar refractivity (Wildman–Crippen MR) is 45.7 cm³/mol. The molecule has 0 bridgehead atoms. The molecule has 0 amide bonds. The molecule has 1 aromatic heterocycles. The van der Waals surface area contributed by atoms with Crippen molar-refractivity contribution in [3.8, 4) is 0 Å². The van der Waals surface area contributed by atoms with Gasteiger partial charge in [0.2, 0.25) is 0 Å². The summed E-state index contributed by atoms with van der Waals surface area (Å²) in [6.45, 7) is 2.53. The van der Waals surface area contributed by atoms with E-state index in [0.29, 0.717) is 12.5 Å². The van der Waals surface area contributed by atoms with E-state index in [4.69, 9.17) is 10.8 Å². The topological polar surface area (TPSA) is 64.1 Å². The van der Waals surface area contributed by atoms with Crippen molar-refractivity contribution in [1.82, 2.24) is 9.55 Å². The van der Waals surface area contributed by atoms with Crippen LogP contribution in [-0.4, -0.2) is 21.3 Å². The van der Waals surface area contributed by atoms with Crippen LogP contribution in [0.2, 0.25) is 0 Å². The molecule has 0 atom stereocenters. The second-order valence-electron chi connectivity index (χ2n) is 2.13. The molecule has 4 nitrogen and oxygen atoms in total. The van der Waals surface area contributed by atoms with Gasteiger partial charge >= 0.3 is 0 Å². The van der Waals surface area contributed by atoms with Crippen molar-refractivity contribution < 1.29 is 5.11 Å². The van der Waals surface area contributed by atoms with Crippen molar-refractivity contribution in [2.45, 2.75) is 13.5 Å². The fourth-order valence-corrected chi connectivity index (χ4v) is 0.871. The zero-order valence-electron chi connectivity index (χ0n) is 6.32. The molecule has 0 fully saturated rings. The van der Waals surface area contributed by atoms with Crippen molar-refractivity contribution in [3.63, 3.8) is 0 Å². The minimum absolute atomic E-state index is 0. The lowest BCUT2D eigenvalue weighted by Crippen LogP contribution is -2.07. The predicted octanol–water partition coefficient (Wildman–Crippen LogP) is 0.188. The van der Waals surface area contributed by atoms with Crippen LogP contribution in [0.5, 0.6) is 0 Å². The highest BCUT2D eigenvalue weighted by Crippen LogP contribution is 2.03. The van der Waals surface area contributed by atoms with E-state index in [-0.39, 0.29) is 19.0 Å². The summed E-state index contributed by atoms with van der Waals surface area (Å²) >= 11 is 0. The normalized spacial score (nSPS) is 9.27. The van der Waals surface area contributed by atoms with E-state index in [9.17, 15) is 0 Å². The smallest absolute Gasteiger partial charge is 0.200 e. The van der Waals surface area contributed by atoms with Crippen molar-refractivity contribution in [2.75, 3.05) is 12.3 Å². The first-order valence-electron chi connectivity index (χ1n) is 3.14. The SMILES string of the molecule is Cc1cnc(N)n1CCO.Cl. The first kappa shape index (κ1) is 10.3. The van der Waals surface area contributed by atoms with Gasteiger partial charge in [-0.25, -0.2) is 4.98 Å². The Morgan fingerprint density at radius 1 is 1.73 bits per heavy atom. The van der Waals surface area contributed by atoms with Gasteiger partial charge in [-0.05, 0) is 6.92 Å². The third-order valence-corrected chi connectivity index (χ3v) is 1.41. The molecule has 0 aromatic carbocycles. The monoisotopic (exact) mass is 177 g/mol. The van der Waals surface area contributed by atoms with E-state index < -0.39 is 0 Å². The van der Waals surface area contributed by atoms with Gasteiger partial charge in [-0.2, -0.15) is 0 Å². The van der Waals surface area contributed by atoms with Crippen LogP contribution in [0.1, 0.15) is 5.69 Å². The number of anilines is 1. The van der Waals surface area contributed by atoms with Gasteiger partial charge < -0.3 is 15.4 Å². The molecule has 0 aliphatic carbocycles. The minimum Gasteiger partial charge on any atom is -0.395 e. The Morgan fingerprint density at radius 3 is 2.73 bits per heavy atom. The molecule has 11 heavy (non-hydrogen) atoms. The average Bonchev–Trinajstić information content (AvgIpc) is 2.20. The number of aryl methyl sites for hydroxylation is 1. The van der Waals surface area contributed by atoms with Gasteiger partial charge in [0, 0.05) is 12.2 Å². The summed E-state index contributed by atoms with van der Waals surface area (Å²) in [5, 5.41) is 8.58. The van der Waals surface area contributed by atoms with Gasteiger partial charge in [0.05, 0.1) is 12.8 Å². The van der Waals surface area contributed by atoms with Crippen LogP contribution in [0.4, 0.5) is 5.95 Å². The van der Waals surface area contributed by atoms with Crippen molar-refractivity contribution >= 4 is 18.4 Å². The molecular formula is C6H12ClN3O. The first-order valence-corrected chi connectivity index (χ1v) is 3.14. The van der Waals surface area contributed by atoms with Gasteiger partial charge in [0.15, 0.2) is 5.95 Å². The number of halogens is 1. The van der Waals surface area contributed by atoms with Gasteiger partial charge in [-0.1, -0.05) is 0 Å². The quantitative estimate of drug-likeness (QED) is 0.678. The summed E-state index contributed by atoms with van der Waals surface area (Å²) in [6, 6.07) is 0. The summed E-state index contributed by atoms with van der Waals surface area (Å²) in [5.41, 5.74) is 6.45. The Labute approximate surface area is 71.5 Å². The first-order chi connectivity index (χ1) is 4.75. The summed E-state index contributed by atoms with van der Waals surface area (Å²) < 4.78 is 1.76. The third-order valence-electron chi connectivity index (χ3n) is 1.41. The Hall–Kier alpha value is -0.740. The van der Waals surface area contributed by atoms with Crippen LogP contribution in [0.25, 0.3) is 0 Å². The second kappa shape index (κ2) is 4.20. The molecule has 1 heterocycles. The molecule has 1 aromatic rings. The lowest BCUT2D eigenvalue weighted by Gasteiger charge is -2.02. The minimum atomic E-state index is 0. The zero-order valence-corrected chi connectivity index (χ0v) is 7.14. The van der Waals surface area contributed by atoms with Crippen LogP contribution in [0.15, 0.2) is 6.20 Å². The second-order valence-corrected chi connectivity index (χ2v) is 2.13. The summed E-state index contributed by atoms with van der Waals surface area (Å²) in [4.78, 5) is 3.86. The maximum Gasteiger partial charge on any atom is 0.200 e. The molecule has 0 unspecified atom stereocenters. The molecule has 0 spiro atoms. The number of nitrogen functional groups attached to an aromatic ring is 1. The molecule has 0 saturated carbocycles. The Morgan fingerprint density at radius 2 is 2.36 bits per heavy atom. The Kier molecular flexibility index (Phi) is 3.92. The number of hydrogen-bond donors (Lipinski definition) is 2. The Balaban J connectivity index is 0.000001000. The van der Waals surface area contributed by atoms with E-state index >= 15 is 0 Å². The van der Waals surface area contributed by atoms with Gasteiger partial charge in [0.1, 0.15) is 0 Å². The van der Waals surface area contributed by atoms with E-state index in [1.807, 2.05) is 6.92 Å². The van der Waals surface area contributed by atoms with Crippen LogP contribution >= 0.6 is 12.4 Å². The molecule has 64 valence electrons. The standard InChI is InChI=1S/C6H11N3O.ClH/c1-5-4-8-6(7)9(5)2-3-10;/h4,10H,2-3H2,1H3,(H2,7,8);1H. The summed E-state index contributed by atoms with van der Waals surface area (Å²) in [6.07, 6.45) is 1.69. The molecule has 0 radical (unpaired) electrons. The molecule has 0 aliphatic rings. The van der Waals surface area contributed by atoms with Crippen molar-refractivity contribution in [2.24, 2.45) is 0 Å².